The summed E-state index contributed by atoms with van der Waals surface area (Å²) in [4.78, 5) is 0. The molecule has 0 radical (unpaired) electrons. The van der Waals surface area contributed by atoms with Gasteiger partial charge in [-0.05, 0) is 30.2 Å². The number of ether oxygens (including phenoxy) is 3. The van der Waals surface area contributed by atoms with Gasteiger partial charge >= 0.3 is 0 Å². The molecule has 1 saturated heterocycles. The van der Waals surface area contributed by atoms with Crippen molar-refractivity contribution >= 4 is 0 Å². The van der Waals surface area contributed by atoms with Gasteiger partial charge in [-0.15, -0.1) is 0 Å². The van der Waals surface area contributed by atoms with Crippen molar-refractivity contribution in [2.45, 2.75) is 25.1 Å². The lowest BCUT2D eigenvalue weighted by Crippen LogP contribution is -2.41. The Balaban J connectivity index is 1.60. The molecule has 3 aliphatic rings. The lowest BCUT2D eigenvalue weighted by atomic mass is 9.74. The van der Waals surface area contributed by atoms with Crippen LogP contribution in [-0.4, -0.2) is 13.0 Å². The molecular formula is C21H20N4O3. The minimum Gasteiger partial charge on any atom is -0.458 e. The normalized spacial score (nSPS) is 27.9. The number of nitriles is 1. The van der Waals surface area contributed by atoms with Crippen LogP contribution in [0.15, 0.2) is 53.9 Å². The molecule has 5 rings (SSSR count). The van der Waals surface area contributed by atoms with E-state index in [1.54, 1.807) is 0 Å². The van der Waals surface area contributed by atoms with E-state index in [-0.39, 0.29) is 36.8 Å². The number of benzene rings is 2. The summed E-state index contributed by atoms with van der Waals surface area (Å²) < 4.78 is 16.8. The fourth-order valence-corrected chi connectivity index (χ4v) is 4.35. The summed E-state index contributed by atoms with van der Waals surface area (Å²) in [6, 6.07) is 16.3. The summed E-state index contributed by atoms with van der Waals surface area (Å²) in [5.41, 5.74) is 16.3. The summed E-state index contributed by atoms with van der Waals surface area (Å²) in [6.45, 7) is 2.27. The number of allylic oxidation sites excluding steroid dienone is 1. The maximum atomic E-state index is 9.82. The zero-order chi connectivity index (χ0) is 19.3. The van der Waals surface area contributed by atoms with Crippen molar-refractivity contribution in [3.63, 3.8) is 0 Å². The number of nitrogens with zero attached hydrogens (tertiary/aromatic N) is 1. The average Bonchev–Trinajstić information content (AvgIpc) is 3.32. The maximum absolute atomic E-state index is 9.82. The van der Waals surface area contributed by atoms with Crippen LogP contribution in [0.3, 0.4) is 0 Å². The highest BCUT2D eigenvalue weighted by Crippen LogP contribution is 2.48. The highest BCUT2D eigenvalue weighted by atomic mass is 16.7. The second-order valence-corrected chi connectivity index (χ2v) is 7.28. The first kappa shape index (κ1) is 16.9. The fourth-order valence-electron chi connectivity index (χ4n) is 4.35. The van der Waals surface area contributed by atoms with E-state index in [2.05, 4.69) is 23.0 Å². The maximum Gasteiger partial charge on any atom is 0.231 e. The Bertz CT molecular complexity index is 1010. The number of hydrogen-bond donors (Lipinski definition) is 3. The average molecular weight is 376 g/mol. The Hall–Kier alpha value is -3.21. The number of hydrogen-bond acceptors (Lipinski definition) is 7. The van der Waals surface area contributed by atoms with Crippen molar-refractivity contribution in [2.75, 3.05) is 6.79 Å². The zero-order valence-electron chi connectivity index (χ0n) is 15.3. The van der Waals surface area contributed by atoms with Crippen LogP contribution in [0.5, 0.6) is 11.5 Å². The summed E-state index contributed by atoms with van der Waals surface area (Å²) in [5.74, 6) is 1.38. The van der Waals surface area contributed by atoms with Crippen LogP contribution in [0.4, 0.5) is 0 Å². The standard InChI is InChI=1S/C21H20N4O3/c1-11-3-2-4-12(7-11)17-14(9-22)20(23)28-21-18(17)19(24-25-21)13-5-6-15-16(8-13)27-10-26-15/h2-8,17-19,21,24-25H,10,23H2,1H3. The van der Waals surface area contributed by atoms with Crippen molar-refractivity contribution in [1.29, 1.82) is 5.26 Å². The molecule has 0 amide bonds. The van der Waals surface area contributed by atoms with Gasteiger partial charge in [-0.2, -0.15) is 5.26 Å². The van der Waals surface area contributed by atoms with Gasteiger partial charge in [-0.25, -0.2) is 10.9 Å². The minimum atomic E-state index is -0.349. The van der Waals surface area contributed by atoms with Gasteiger partial charge in [0.1, 0.15) is 6.07 Å². The molecule has 2 aromatic carbocycles. The molecule has 0 aromatic heterocycles. The van der Waals surface area contributed by atoms with Crippen LogP contribution < -0.4 is 26.1 Å². The fraction of sp³-hybridized carbons (Fsp3) is 0.286. The van der Waals surface area contributed by atoms with E-state index < -0.39 is 0 Å². The smallest absolute Gasteiger partial charge is 0.231 e. The van der Waals surface area contributed by atoms with Gasteiger partial charge in [-0.1, -0.05) is 35.9 Å². The second-order valence-electron chi connectivity index (χ2n) is 7.28. The highest BCUT2D eigenvalue weighted by Gasteiger charge is 2.49. The second kappa shape index (κ2) is 6.44. The van der Waals surface area contributed by atoms with E-state index in [4.69, 9.17) is 19.9 Å². The van der Waals surface area contributed by atoms with Gasteiger partial charge in [0, 0.05) is 11.8 Å². The van der Waals surface area contributed by atoms with Crippen molar-refractivity contribution in [3.05, 3.63) is 70.6 Å². The number of hydrazine groups is 1. The van der Waals surface area contributed by atoms with Gasteiger partial charge in [0.25, 0.3) is 0 Å². The monoisotopic (exact) mass is 376 g/mol. The summed E-state index contributed by atoms with van der Waals surface area (Å²) in [6.07, 6.45) is -0.349. The highest BCUT2D eigenvalue weighted by molar-refractivity contribution is 5.47. The Morgan fingerprint density at radius 3 is 2.75 bits per heavy atom. The van der Waals surface area contributed by atoms with Gasteiger partial charge in [-0.3, -0.25) is 0 Å². The van der Waals surface area contributed by atoms with Crippen LogP contribution in [0.1, 0.15) is 28.7 Å². The molecule has 2 aromatic rings. The third kappa shape index (κ3) is 2.58. The third-order valence-corrected chi connectivity index (χ3v) is 5.61. The summed E-state index contributed by atoms with van der Waals surface area (Å²) in [7, 11) is 0. The van der Waals surface area contributed by atoms with Crippen molar-refractivity contribution in [1.82, 2.24) is 10.9 Å². The zero-order valence-corrected chi connectivity index (χ0v) is 15.3. The number of nitrogens with two attached hydrogens (primary N) is 1. The molecule has 7 nitrogen and oxygen atoms in total. The van der Waals surface area contributed by atoms with E-state index >= 15 is 0 Å². The lowest BCUT2D eigenvalue weighted by molar-refractivity contribution is 0.0340. The van der Waals surface area contributed by atoms with E-state index in [0.717, 1.165) is 28.2 Å². The van der Waals surface area contributed by atoms with Gasteiger partial charge in [0.15, 0.2) is 17.7 Å². The summed E-state index contributed by atoms with van der Waals surface area (Å²) in [5, 5.41) is 9.82. The van der Waals surface area contributed by atoms with Crippen molar-refractivity contribution < 1.29 is 14.2 Å². The van der Waals surface area contributed by atoms with Crippen molar-refractivity contribution in [3.8, 4) is 17.6 Å². The van der Waals surface area contributed by atoms with Crippen LogP contribution >= 0.6 is 0 Å². The van der Waals surface area contributed by atoms with Crippen LogP contribution in [0.2, 0.25) is 0 Å². The first-order chi connectivity index (χ1) is 13.7. The molecule has 28 heavy (non-hydrogen) atoms. The Morgan fingerprint density at radius 2 is 1.93 bits per heavy atom. The predicted octanol–water partition coefficient (Wildman–Crippen LogP) is 2.32. The summed E-state index contributed by atoms with van der Waals surface area (Å²) >= 11 is 0. The predicted molar refractivity (Wildman–Crippen MR) is 101 cm³/mol. The van der Waals surface area contributed by atoms with Crippen LogP contribution in [0, 0.1) is 24.2 Å². The molecular weight excluding hydrogens is 356 g/mol. The Labute approximate surface area is 162 Å². The molecule has 0 bridgehead atoms. The van der Waals surface area contributed by atoms with Crippen molar-refractivity contribution in [2.24, 2.45) is 11.7 Å². The molecule has 4 unspecified atom stereocenters. The van der Waals surface area contributed by atoms with Gasteiger partial charge in [0.2, 0.25) is 12.7 Å². The quantitative estimate of drug-likeness (QED) is 0.739. The molecule has 142 valence electrons. The molecule has 7 heteroatoms. The van der Waals surface area contributed by atoms with E-state index in [9.17, 15) is 5.26 Å². The largest absolute Gasteiger partial charge is 0.458 e. The SMILES string of the molecule is Cc1cccc(C2C(C#N)=C(N)OC3NNC(c4ccc5c(c4)OCO5)C32)c1. The van der Waals surface area contributed by atoms with Crippen LogP contribution in [-0.2, 0) is 4.74 Å². The Kier molecular flexibility index (Phi) is 3.90. The van der Waals surface area contributed by atoms with E-state index in [1.165, 1.54) is 0 Å². The lowest BCUT2D eigenvalue weighted by Gasteiger charge is -2.36. The van der Waals surface area contributed by atoms with Gasteiger partial charge < -0.3 is 19.9 Å². The number of aryl methyl sites for hydroxylation is 1. The van der Waals surface area contributed by atoms with Gasteiger partial charge in [0.05, 0.1) is 11.6 Å². The van der Waals surface area contributed by atoms with E-state index in [0.29, 0.717) is 5.57 Å². The molecule has 0 saturated carbocycles. The van der Waals surface area contributed by atoms with E-state index in [1.807, 2.05) is 43.3 Å². The third-order valence-electron chi connectivity index (χ3n) is 5.61. The molecule has 0 spiro atoms. The molecule has 0 aliphatic carbocycles. The number of rotatable bonds is 2. The first-order valence-corrected chi connectivity index (χ1v) is 9.19. The molecule has 4 atom stereocenters. The molecule has 3 aliphatic heterocycles. The number of fused-ring (bicyclic) bond motifs is 2. The Morgan fingerprint density at radius 1 is 1.07 bits per heavy atom. The first-order valence-electron chi connectivity index (χ1n) is 9.19. The topological polar surface area (TPSA) is 102 Å². The molecule has 4 N–H and O–H groups in total. The number of nitrogens with one attached hydrogen (secondary N) is 2. The van der Waals surface area contributed by atoms with Crippen LogP contribution in [0.25, 0.3) is 0 Å². The molecule has 1 fully saturated rings. The minimum absolute atomic E-state index is 0.0656. The molecule has 3 heterocycles.